The molecule has 6 aromatic carbocycles. The first-order valence-electron chi connectivity index (χ1n) is 42.9. The van der Waals surface area contributed by atoms with Crippen LogP contribution in [-0.2, 0) is 67.0 Å². The van der Waals surface area contributed by atoms with Crippen LogP contribution in [-0.4, -0.2) is 238 Å². The Bertz CT molecular complexity index is 4830. The van der Waals surface area contributed by atoms with Crippen molar-refractivity contribution in [2.45, 2.75) is 180 Å². The molecule has 0 aromatic heterocycles. The second-order valence-electron chi connectivity index (χ2n) is 33.8. The van der Waals surface area contributed by atoms with Gasteiger partial charge >= 0.3 is 24.1 Å². The quantitative estimate of drug-likeness (QED) is 0.0191. The number of fused-ring (bicyclic) bond motifs is 8. The average Bonchev–Trinajstić information content (AvgIpc) is 1.28. The summed E-state index contributed by atoms with van der Waals surface area (Å²) in [6.07, 6.45) is -3.96. The predicted molar refractivity (Wildman–Crippen MR) is 473 cm³/mol. The van der Waals surface area contributed by atoms with E-state index in [9.17, 15) is 107 Å². The maximum atomic E-state index is 14.6. The number of benzene rings is 6. The predicted octanol–water partition coefficient (Wildman–Crippen LogP) is 3.78. The first kappa shape index (κ1) is 99.7. The van der Waals surface area contributed by atoms with Crippen LogP contribution in [0.15, 0.2) is 121 Å². The van der Waals surface area contributed by atoms with Crippen molar-refractivity contribution in [1.82, 2.24) is 63.8 Å². The van der Waals surface area contributed by atoms with E-state index in [0.29, 0.717) is 0 Å². The molecule has 3 aliphatic carbocycles. The number of carbonyl (C=O) groups excluding carboxylic acids is 14. The van der Waals surface area contributed by atoms with Gasteiger partial charge < -0.3 is 115 Å². The first-order chi connectivity index (χ1) is 61.8. The lowest BCUT2D eigenvalue weighted by atomic mass is 9.81. The summed E-state index contributed by atoms with van der Waals surface area (Å²) in [7, 11) is 0. The van der Waals surface area contributed by atoms with E-state index in [1.807, 2.05) is 97.1 Å². The maximum Gasteiger partial charge on any atom is 0.407 e. The van der Waals surface area contributed by atoms with Crippen LogP contribution in [0.25, 0.3) is 22.3 Å². The third-order valence-electron chi connectivity index (χ3n) is 21.9. The number of aliphatic hydroxyl groups is 2. The van der Waals surface area contributed by atoms with Crippen LogP contribution in [0.5, 0.6) is 11.5 Å². The lowest BCUT2D eigenvalue weighted by Gasteiger charge is -2.27. The second-order valence-corrected chi connectivity index (χ2v) is 33.8. The topological polar surface area (TPSA) is 581 Å². The van der Waals surface area contributed by atoms with E-state index in [1.165, 1.54) is 26.0 Å². The van der Waals surface area contributed by atoms with Crippen molar-refractivity contribution in [2.24, 2.45) is 23.7 Å². The molecule has 38 heteroatoms. The molecule has 0 fully saturated rings. The number of ketones is 2. The van der Waals surface area contributed by atoms with Gasteiger partial charge in [0.2, 0.25) is 70.6 Å². The zero-order valence-electron chi connectivity index (χ0n) is 73.7. The number of hydrogen-bond acceptors (Lipinski definition) is 24. The number of aromatic hydroxyl groups is 2. The van der Waals surface area contributed by atoms with Crippen molar-refractivity contribution in [3.63, 3.8) is 0 Å². The largest absolute Gasteiger partial charge is 0.507 e. The van der Waals surface area contributed by atoms with E-state index in [-0.39, 0.29) is 123 Å². The number of phenols is 2. The zero-order chi connectivity index (χ0) is 95.1. The summed E-state index contributed by atoms with van der Waals surface area (Å²) in [5.74, 6) is -16.9. The average molecular weight is 1800 g/mol. The fraction of sp³-hybridized carbons (Fsp3) is 0.435. The van der Waals surface area contributed by atoms with Gasteiger partial charge in [0.05, 0.1) is 48.3 Å². The normalized spacial score (nSPS) is 14.6. The van der Waals surface area contributed by atoms with E-state index in [0.717, 1.165) is 56.6 Å². The van der Waals surface area contributed by atoms with E-state index in [4.69, 9.17) is 9.47 Å². The van der Waals surface area contributed by atoms with Crippen LogP contribution in [0.3, 0.4) is 0 Å². The number of carbonyl (C=O) groups is 16. The fourth-order valence-electron chi connectivity index (χ4n) is 15.6. The highest BCUT2D eigenvalue weighted by Gasteiger charge is 2.41. The van der Waals surface area contributed by atoms with Crippen LogP contribution in [0.1, 0.15) is 174 Å². The van der Waals surface area contributed by atoms with Crippen LogP contribution in [0.2, 0.25) is 0 Å². The highest BCUT2D eigenvalue weighted by molar-refractivity contribution is 6.33. The Balaban J connectivity index is 0.765. The van der Waals surface area contributed by atoms with Crippen molar-refractivity contribution in [3.05, 3.63) is 166 Å². The molecule has 0 saturated carbocycles. The SMILES string of the molecule is CC(C)C[C@H](NC(=O)[C@H](C)NC(=O)[C@H](CO)NC(=O)[C@H](CC(=O)O)NC(=O)OCC1c2ccccc2-c2ccccc21)C(=O)N[C@@H](CC(C)C)C(=O)NCCNc1ccc(NCCNC(=O)[C@H](CC(C)C)NC(=O)[C@H](CC(C)C)NC(=O)[C@H](C)NC(=O)[C@H](CO)NC(=O)[C@H](CC(=O)O)NC(=O)OCC2c3ccccc3-c3ccccc32)c2c1C(=O)c1c(O)ccc(O)c1C2=O. The van der Waals surface area contributed by atoms with E-state index in [1.54, 1.807) is 55.4 Å². The molecule has 696 valence electrons. The number of carboxylic acids is 2. The molecule has 20 N–H and O–H groups in total. The van der Waals surface area contributed by atoms with Gasteiger partial charge in [-0.3, -0.25) is 67.1 Å². The highest BCUT2D eigenvalue weighted by atomic mass is 16.6. The standard InChI is InChI=1S/C92H114N14O24/c1-45(2)35-63(101-85(121)65(37-47(5)6)99-81(117)49(9)97-89(125)69(41-107)103-87(123)67(39-73(111)112)105-91(127)129-43-59-55-23-15-11-19-51(55)52-20-12-16-24-56(52)59)83(119)95-33-31-93-61-27-28-62(76-75(61)79(115)77-71(109)29-30-72(110)78(77)80(76)116)94-32-34-96-84(120)64(36-46(3)4)102-86(122)66(38-48(7)8)100-82(118)50(10)98-90(126)70(42-108)104-88(124)68(40-74(113)114)106-92(128)130-44-60-57-25-17-13-21-53(57)54-22-14-18-26-58(54)60/h11-30,45-50,59-60,63-70,93-94,107-110H,31-44H2,1-10H3,(H,95,119)(H,96,120)(H,97,125)(H,98,126)(H,99,117)(H,100,118)(H,101,121)(H,102,122)(H,103,123)(H,104,124)(H,105,127)(H,106,128)(H,111,112)(H,113,114)/t49-,50-,63-,64-,65-,66-,67-,68-,69-,70-/m0/s1. The number of phenolic OH excluding ortho intramolecular Hbond substituents is 2. The van der Waals surface area contributed by atoms with E-state index in [2.05, 4.69) is 74.4 Å². The third kappa shape index (κ3) is 26.1. The summed E-state index contributed by atoms with van der Waals surface area (Å²) in [6, 6.07) is 20.0. The van der Waals surface area contributed by atoms with Crippen molar-refractivity contribution >= 4 is 106 Å². The van der Waals surface area contributed by atoms with Crippen LogP contribution < -0.4 is 74.4 Å². The van der Waals surface area contributed by atoms with Crippen LogP contribution >= 0.6 is 0 Å². The van der Waals surface area contributed by atoms with Gasteiger partial charge in [-0.1, -0.05) is 152 Å². The summed E-state index contributed by atoms with van der Waals surface area (Å²) in [5, 5.41) is 97.8. The van der Waals surface area contributed by atoms with Gasteiger partial charge in [0.15, 0.2) is 0 Å². The molecule has 3 aliphatic rings. The van der Waals surface area contributed by atoms with Crippen molar-refractivity contribution < 1.29 is 117 Å². The molecule has 0 saturated heterocycles. The van der Waals surface area contributed by atoms with Gasteiger partial charge in [-0.05, 0) is 132 Å². The van der Waals surface area contributed by atoms with Gasteiger partial charge in [0.25, 0.3) is 0 Å². The second kappa shape index (κ2) is 46.1. The molecule has 12 amide bonds. The molecular formula is C92H114N14O24. The smallest absolute Gasteiger partial charge is 0.407 e. The summed E-state index contributed by atoms with van der Waals surface area (Å²) in [4.78, 5) is 218. The molecule has 130 heavy (non-hydrogen) atoms. The lowest BCUT2D eigenvalue weighted by molar-refractivity contribution is -0.140. The molecule has 0 spiro atoms. The lowest BCUT2D eigenvalue weighted by Crippen LogP contribution is -2.59. The Morgan fingerprint density at radius 3 is 0.877 bits per heavy atom. The number of rotatable bonds is 46. The summed E-state index contributed by atoms with van der Waals surface area (Å²) >= 11 is 0. The fourth-order valence-corrected chi connectivity index (χ4v) is 15.6. The molecule has 6 aromatic rings. The number of anilines is 2. The highest BCUT2D eigenvalue weighted by Crippen LogP contribution is 2.47. The molecule has 0 aliphatic heterocycles. The van der Waals surface area contributed by atoms with Gasteiger partial charge in [0.1, 0.15) is 85.1 Å². The van der Waals surface area contributed by atoms with Crippen molar-refractivity contribution in [1.29, 1.82) is 0 Å². The minimum atomic E-state index is -1.80. The molecule has 38 nitrogen and oxygen atoms in total. The minimum Gasteiger partial charge on any atom is -0.507 e. The molecule has 0 radical (unpaired) electrons. The number of alkyl carbamates (subject to hydrolysis) is 2. The number of hydrogen-bond donors (Lipinski definition) is 20. The summed E-state index contributed by atoms with van der Waals surface area (Å²) < 4.78 is 11.0. The first-order valence-corrected chi connectivity index (χ1v) is 42.9. The number of aliphatic hydroxyl groups excluding tert-OH is 2. The Kier molecular flexibility index (Phi) is 35.4. The molecule has 10 atom stereocenters. The number of ether oxygens (including phenoxy) is 2. The third-order valence-corrected chi connectivity index (χ3v) is 21.9. The molecular weight excluding hydrogens is 1690 g/mol. The van der Waals surface area contributed by atoms with Crippen molar-refractivity contribution in [2.75, 3.05) is 63.2 Å². The van der Waals surface area contributed by atoms with Crippen molar-refractivity contribution in [3.8, 4) is 33.8 Å². The van der Waals surface area contributed by atoms with Crippen LogP contribution in [0, 0.1) is 23.7 Å². The number of carboxylic acid groups (broad SMARTS) is 2. The Morgan fingerprint density at radius 2 is 0.585 bits per heavy atom. The zero-order valence-corrected chi connectivity index (χ0v) is 73.7. The molecule has 0 bridgehead atoms. The number of aliphatic carboxylic acids is 2. The van der Waals surface area contributed by atoms with Gasteiger partial charge in [-0.25, -0.2) is 9.59 Å². The number of nitrogens with one attached hydrogen (secondary N) is 14. The summed E-state index contributed by atoms with van der Waals surface area (Å²) in [6.45, 7) is 13.7. The van der Waals surface area contributed by atoms with Gasteiger partial charge in [0, 0.05) is 49.4 Å². The summed E-state index contributed by atoms with van der Waals surface area (Å²) in [5.41, 5.74) is 5.96. The maximum absolute atomic E-state index is 14.6. The molecule has 9 rings (SSSR count). The monoisotopic (exact) mass is 1800 g/mol. The van der Waals surface area contributed by atoms with Crippen LogP contribution in [0.4, 0.5) is 21.0 Å². The Hall–Kier alpha value is -14.0. The van der Waals surface area contributed by atoms with E-state index >= 15 is 0 Å². The molecule has 0 unspecified atom stereocenters. The Labute approximate surface area is 749 Å². The molecule has 0 heterocycles. The van der Waals surface area contributed by atoms with Gasteiger partial charge in [-0.2, -0.15) is 0 Å². The minimum absolute atomic E-state index is 0.0277. The van der Waals surface area contributed by atoms with E-state index < -0.39 is 204 Å². The Morgan fingerprint density at radius 1 is 0.315 bits per heavy atom. The van der Waals surface area contributed by atoms with Gasteiger partial charge in [-0.15, -0.1) is 0 Å². The number of amides is 12.